The highest BCUT2D eigenvalue weighted by Crippen LogP contribution is 2.26. The number of nitrogens with zero attached hydrogens (tertiary/aromatic N) is 1. The molecule has 1 N–H and O–H groups in total. The first kappa shape index (κ1) is 18.4. The summed E-state index contributed by atoms with van der Waals surface area (Å²) in [7, 11) is 0. The van der Waals surface area contributed by atoms with Crippen LogP contribution in [0.3, 0.4) is 0 Å². The van der Waals surface area contributed by atoms with Crippen LogP contribution in [-0.2, 0) is 11.3 Å². The second-order valence-electron chi connectivity index (χ2n) is 5.76. The Hall–Kier alpha value is -2.37. The molecule has 0 atom stereocenters. The summed E-state index contributed by atoms with van der Waals surface area (Å²) in [5, 5.41) is 6.35. The lowest BCUT2D eigenvalue weighted by atomic mass is 10.1. The van der Waals surface area contributed by atoms with E-state index in [1.165, 1.54) is 5.56 Å². The first-order chi connectivity index (χ1) is 12.6. The molecule has 134 valence electrons. The fourth-order valence-corrected chi connectivity index (χ4v) is 3.52. The number of para-hydroxylation sites is 1. The highest BCUT2D eigenvalue weighted by molar-refractivity contribution is 7.13. The molecule has 0 aliphatic carbocycles. The van der Waals surface area contributed by atoms with Gasteiger partial charge in [0.05, 0.1) is 30.3 Å². The van der Waals surface area contributed by atoms with E-state index in [1.807, 2.05) is 29.6 Å². The highest BCUT2D eigenvalue weighted by Gasteiger charge is 2.09. The van der Waals surface area contributed by atoms with E-state index in [0.29, 0.717) is 17.3 Å². The Balaban J connectivity index is 1.46. The molecule has 0 aliphatic rings. The standard InChI is InChI=1S/C20H19ClN2O2S/c1-14-6-2-3-7-16(14)20-23-15(13-26-20)12-22-19(24)10-11-25-18-9-5-4-8-17(18)21/h2-9,13H,10-12H2,1H3,(H,22,24). The average molecular weight is 387 g/mol. The number of benzene rings is 2. The normalized spacial score (nSPS) is 10.5. The average Bonchev–Trinajstić information content (AvgIpc) is 3.11. The molecule has 0 saturated carbocycles. The number of carbonyl (C=O) groups excluding carboxylic acids is 1. The third kappa shape index (κ3) is 4.84. The summed E-state index contributed by atoms with van der Waals surface area (Å²) >= 11 is 7.60. The van der Waals surface area contributed by atoms with Crippen molar-refractivity contribution in [3.05, 3.63) is 70.2 Å². The minimum absolute atomic E-state index is 0.0810. The van der Waals surface area contributed by atoms with Crippen LogP contribution in [0.4, 0.5) is 0 Å². The molecule has 0 aliphatic heterocycles. The van der Waals surface area contributed by atoms with Gasteiger partial charge in [0.25, 0.3) is 0 Å². The van der Waals surface area contributed by atoms with Crippen molar-refractivity contribution in [2.75, 3.05) is 6.61 Å². The van der Waals surface area contributed by atoms with Crippen molar-refractivity contribution in [2.45, 2.75) is 19.9 Å². The molecule has 2 aromatic carbocycles. The Morgan fingerprint density at radius 3 is 2.77 bits per heavy atom. The molecule has 0 spiro atoms. The number of halogens is 1. The summed E-state index contributed by atoms with van der Waals surface area (Å²) in [4.78, 5) is 16.6. The number of hydrogen-bond acceptors (Lipinski definition) is 4. The molecule has 0 unspecified atom stereocenters. The number of aryl methyl sites for hydroxylation is 1. The fraction of sp³-hybridized carbons (Fsp3) is 0.200. The van der Waals surface area contributed by atoms with E-state index in [0.717, 1.165) is 16.3 Å². The Labute approximate surface area is 161 Å². The van der Waals surface area contributed by atoms with Crippen LogP contribution in [0.5, 0.6) is 5.75 Å². The van der Waals surface area contributed by atoms with Gasteiger partial charge in [0.15, 0.2) is 0 Å². The number of aromatic nitrogens is 1. The molecule has 4 nitrogen and oxygen atoms in total. The number of rotatable bonds is 7. The Kier molecular flexibility index (Phi) is 6.26. The first-order valence-corrected chi connectivity index (χ1v) is 9.53. The molecular weight excluding hydrogens is 368 g/mol. The number of nitrogens with one attached hydrogen (secondary N) is 1. The van der Waals surface area contributed by atoms with Crippen molar-refractivity contribution in [2.24, 2.45) is 0 Å². The summed E-state index contributed by atoms with van der Waals surface area (Å²) < 4.78 is 5.53. The maximum atomic E-state index is 12.0. The molecule has 1 amide bonds. The van der Waals surface area contributed by atoms with Crippen molar-refractivity contribution in [1.29, 1.82) is 0 Å². The summed E-state index contributed by atoms with van der Waals surface area (Å²) in [6.07, 6.45) is 0.264. The van der Waals surface area contributed by atoms with Crippen LogP contribution in [-0.4, -0.2) is 17.5 Å². The third-order valence-electron chi connectivity index (χ3n) is 3.82. The number of ether oxygens (including phenoxy) is 1. The molecule has 3 rings (SSSR count). The molecule has 1 heterocycles. The maximum absolute atomic E-state index is 12.0. The Morgan fingerprint density at radius 1 is 1.19 bits per heavy atom. The second kappa shape index (κ2) is 8.83. The zero-order valence-corrected chi connectivity index (χ0v) is 15.9. The smallest absolute Gasteiger partial charge is 0.223 e. The van der Waals surface area contributed by atoms with Gasteiger partial charge in [0, 0.05) is 10.9 Å². The van der Waals surface area contributed by atoms with Crippen molar-refractivity contribution < 1.29 is 9.53 Å². The first-order valence-electron chi connectivity index (χ1n) is 8.28. The summed E-state index contributed by atoms with van der Waals surface area (Å²) in [5.74, 6) is 0.506. The van der Waals surface area contributed by atoms with Crippen LogP contribution >= 0.6 is 22.9 Å². The minimum atomic E-state index is -0.0810. The Morgan fingerprint density at radius 2 is 1.96 bits per heavy atom. The van der Waals surface area contributed by atoms with Crippen LogP contribution in [0, 0.1) is 6.92 Å². The summed E-state index contributed by atoms with van der Waals surface area (Å²) in [6, 6.07) is 15.4. The molecule has 0 bridgehead atoms. The van der Waals surface area contributed by atoms with Crippen molar-refractivity contribution in [1.82, 2.24) is 10.3 Å². The highest BCUT2D eigenvalue weighted by atomic mass is 35.5. The van der Waals surface area contributed by atoms with E-state index in [4.69, 9.17) is 16.3 Å². The second-order valence-corrected chi connectivity index (χ2v) is 7.03. The van der Waals surface area contributed by atoms with Crippen LogP contribution in [0.25, 0.3) is 10.6 Å². The minimum Gasteiger partial charge on any atom is -0.491 e. The van der Waals surface area contributed by atoms with E-state index >= 15 is 0 Å². The molecule has 3 aromatic rings. The van der Waals surface area contributed by atoms with Crippen LogP contribution in [0.15, 0.2) is 53.9 Å². The largest absolute Gasteiger partial charge is 0.491 e. The van der Waals surface area contributed by atoms with Gasteiger partial charge < -0.3 is 10.1 Å². The van der Waals surface area contributed by atoms with Crippen molar-refractivity contribution in [3.63, 3.8) is 0 Å². The van der Waals surface area contributed by atoms with Crippen molar-refractivity contribution >= 4 is 28.8 Å². The molecule has 0 saturated heterocycles. The van der Waals surface area contributed by atoms with Gasteiger partial charge in [-0.1, -0.05) is 48.0 Å². The van der Waals surface area contributed by atoms with Crippen LogP contribution in [0.1, 0.15) is 17.7 Å². The van der Waals surface area contributed by atoms with E-state index < -0.39 is 0 Å². The maximum Gasteiger partial charge on any atom is 0.223 e. The van der Waals surface area contributed by atoms with Crippen LogP contribution < -0.4 is 10.1 Å². The lowest BCUT2D eigenvalue weighted by molar-refractivity contribution is -0.121. The van der Waals surface area contributed by atoms with Gasteiger partial charge in [0.1, 0.15) is 10.8 Å². The lowest BCUT2D eigenvalue weighted by Gasteiger charge is -2.07. The molecule has 1 aromatic heterocycles. The third-order valence-corrected chi connectivity index (χ3v) is 5.05. The molecular formula is C20H19ClN2O2S. The number of carbonyl (C=O) groups is 1. The topological polar surface area (TPSA) is 51.2 Å². The predicted molar refractivity (Wildman–Crippen MR) is 106 cm³/mol. The summed E-state index contributed by atoms with van der Waals surface area (Å²) in [6.45, 7) is 2.76. The number of thiazole rings is 1. The van der Waals surface area contributed by atoms with E-state index in [1.54, 1.807) is 23.5 Å². The molecule has 0 fully saturated rings. The fourth-order valence-electron chi connectivity index (χ4n) is 2.42. The van der Waals surface area contributed by atoms with Crippen molar-refractivity contribution in [3.8, 4) is 16.3 Å². The van der Waals surface area contributed by atoms with Gasteiger partial charge in [-0.05, 0) is 24.6 Å². The van der Waals surface area contributed by atoms with E-state index in [2.05, 4.69) is 29.4 Å². The molecule has 0 radical (unpaired) electrons. The predicted octanol–water partition coefficient (Wildman–Crippen LogP) is 4.86. The van der Waals surface area contributed by atoms with Gasteiger partial charge in [-0.25, -0.2) is 4.98 Å². The van der Waals surface area contributed by atoms with Gasteiger partial charge in [-0.2, -0.15) is 0 Å². The molecule has 26 heavy (non-hydrogen) atoms. The summed E-state index contributed by atoms with van der Waals surface area (Å²) in [5.41, 5.74) is 3.17. The van der Waals surface area contributed by atoms with Gasteiger partial charge in [0.2, 0.25) is 5.91 Å². The number of hydrogen-bond donors (Lipinski definition) is 1. The van der Waals surface area contributed by atoms with E-state index in [9.17, 15) is 4.79 Å². The van der Waals surface area contributed by atoms with Gasteiger partial charge in [-0.3, -0.25) is 4.79 Å². The van der Waals surface area contributed by atoms with Gasteiger partial charge in [-0.15, -0.1) is 11.3 Å². The van der Waals surface area contributed by atoms with E-state index in [-0.39, 0.29) is 18.9 Å². The zero-order valence-electron chi connectivity index (χ0n) is 14.4. The quantitative estimate of drug-likeness (QED) is 0.631. The Bertz CT molecular complexity index is 895. The lowest BCUT2D eigenvalue weighted by Crippen LogP contribution is -2.24. The number of amides is 1. The monoisotopic (exact) mass is 386 g/mol. The molecule has 6 heteroatoms. The zero-order chi connectivity index (χ0) is 18.4. The van der Waals surface area contributed by atoms with Gasteiger partial charge >= 0.3 is 0 Å². The van der Waals surface area contributed by atoms with Crippen LogP contribution in [0.2, 0.25) is 5.02 Å². The SMILES string of the molecule is Cc1ccccc1-c1nc(CNC(=O)CCOc2ccccc2Cl)cs1.